The molecule has 0 unspecified atom stereocenters. The van der Waals surface area contributed by atoms with Crippen LogP contribution in [0.3, 0.4) is 0 Å². The molecule has 2 aromatic rings. The lowest BCUT2D eigenvalue weighted by atomic mass is 10.0. The van der Waals surface area contributed by atoms with E-state index in [1.807, 2.05) is 0 Å². The third-order valence-electron chi connectivity index (χ3n) is 2.26. The molecule has 2 rings (SSSR count). The highest BCUT2D eigenvalue weighted by Gasteiger charge is 2.18. The van der Waals surface area contributed by atoms with Crippen LogP contribution in [0.5, 0.6) is 0 Å². The van der Waals surface area contributed by atoms with Gasteiger partial charge in [0.25, 0.3) is 0 Å². The molecule has 0 bridgehead atoms. The number of rotatable bonds is 3. The summed E-state index contributed by atoms with van der Waals surface area (Å²) in [5, 5.41) is 0. The van der Waals surface area contributed by atoms with Crippen LogP contribution in [0.1, 0.15) is 20.7 Å². The van der Waals surface area contributed by atoms with E-state index in [1.165, 1.54) is 18.5 Å². The number of nitrogens with two attached hydrogens (primary N) is 1. The number of ketones is 2. The Morgan fingerprint density at radius 1 is 0.941 bits per heavy atom. The Morgan fingerprint density at radius 3 is 2.24 bits per heavy atom. The highest BCUT2D eigenvalue weighted by atomic mass is 16.2. The fourth-order valence-electron chi connectivity index (χ4n) is 1.43. The van der Waals surface area contributed by atoms with Gasteiger partial charge in [0.1, 0.15) is 0 Å². The van der Waals surface area contributed by atoms with Gasteiger partial charge in [-0.3, -0.25) is 14.6 Å². The second-order valence-electron chi connectivity index (χ2n) is 3.53. The number of Topliss-reactive ketones (excluding diaryl/α,β-unsaturated/α-hetero) is 2. The van der Waals surface area contributed by atoms with Crippen molar-refractivity contribution in [2.75, 3.05) is 5.73 Å². The van der Waals surface area contributed by atoms with E-state index >= 15 is 0 Å². The van der Waals surface area contributed by atoms with E-state index < -0.39 is 11.6 Å². The van der Waals surface area contributed by atoms with Crippen LogP contribution in [0.2, 0.25) is 0 Å². The molecular formula is C13H10N2O2. The van der Waals surface area contributed by atoms with E-state index in [0.717, 1.165) is 0 Å². The van der Waals surface area contributed by atoms with Gasteiger partial charge in [-0.2, -0.15) is 0 Å². The minimum Gasteiger partial charge on any atom is -0.397 e. The SMILES string of the molecule is Nc1cncc(C(=O)C(=O)c2ccccc2)c1. The van der Waals surface area contributed by atoms with Crippen molar-refractivity contribution in [2.24, 2.45) is 0 Å². The number of nitrogens with zero attached hydrogens (tertiary/aromatic N) is 1. The van der Waals surface area contributed by atoms with Gasteiger partial charge in [0, 0.05) is 23.5 Å². The number of benzene rings is 1. The number of nitrogen functional groups attached to an aromatic ring is 1. The molecule has 84 valence electrons. The predicted molar refractivity (Wildman–Crippen MR) is 63.8 cm³/mol. The summed E-state index contributed by atoms with van der Waals surface area (Å²) >= 11 is 0. The largest absolute Gasteiger partial charge is 0.397 e. The highest BCUT2D eigenvalue weighted by molar-refractivity contribution is 6.49. The number of carbonyl (C=O) groups excluding carboxylic acids is 2. The molecule has 0 saturated heterocycles. The molecule has 1 aromatic carbocycles. The van der Waals surface area contributed by atoms with Crippen molar-refractivity contribution < 1.29 is 9.59 Å². The Bertz CT molecular complexity index is 565. The average Bonchev–Trinajstić information content (AvgIpc) is 2.38. The Hall–Kier alpha value is -2.49. The second kappa shape index (κ2) is 4.57. The number of aromatic nitrogens is 1. The normalized spacial score (nSPS) is 9.88. The van der Waals surface area contributed by atoms with Crippen molar-refractivity contribution >= 4 is 17.3 Å². The number of pyridine rings is 1. The van der Waals surface area contributed by atoms with Gasteiger partial charge in [-0.1, -0.05) is 30.3 Å². The molecule has 1 heterocycles. The molecule has 0 amide bonds. The number of carbonyl (C=O) groups is 2. The molecular weight excluding hydrogens is 216 g/mol. The van der Waals surface area contributed by atoms with Crippen molar-refractivity contribution in [3.8, 4) is 0 Å². The topological polar surface area (TPSA) is 73.0 Å². The van der Waals surface area contributed by atoms with Gasteiger partial charge in [0.2, 0.25) is 11.6 Å². The fourth-order valence-corrected chi connectivity index (χ4v) is 1.43. The van der Waals surface area contributed by atoms with Crippen LogP contribution in [0.25, 0.3) is 0 Å². The number of anilines is 1. The summed E-state index contributed by atoms with van der Waals surface area (Å²) in [7, 11) is 0. The summed E-state index contributed by atoms with van der Waals surface area (Å²) in [4.78, 5) is 27.5. The van der Waals surface area contributed by atoms with E-state index in [9.17, 15) is 9.59 Å². The van der Waals surface area contributed by atoms with Crippen LogP contribution in [0.15, 0.2) is 48.8 Å². The van der Waals surface area contributed by atoms with E-state index in [4.69, 9.17) is 5.73 Å². The molecule has 0 radical (unpaired) electrons. The molecule has 0 aliphatic heterocycles. The minimum atomic E-state index is -0.601. The van der Waals surface area contributed by atoms with Crippen LogP contribution in [-0.2, 0) is 0 Å². The van der Waals surface area contributed by atoms with Gasteiger partial charge in [-0.25, -0.2) is 0 Å². The van der Waals surface area contributed by atoms with Gasteiger partial charge in [-0.15, -0.1) is 0 Å². The smallest absolute Gasteiger partial charge is 0.235 e. The Morgan fingerprint density at radius 2 is 1.59 bits per heavy atom. The Balaban J connectivity index is 2.30. The third kappa shape index (κ3) is 2.36. The minimum absolute atomic E-state index is 0.207. The van der Waals surface area contributed by atoms with Crippen molar-refractivity contribution in [2.45, 2.75) is 0 Å². The lowest BCUT2D eigenvalue weighted by Crippen LogP contribution is -2.14. The molecule has 17 heavy (non-hydrogen) atoms. The van der Waals surface area contributed by atoms with E-state index in [0.29, 0.717) is 11.3 Å². The van der Waals surface area contributed by atoms with E-state index in [1.54, 1.807) is 30.3 Å². The first-order chi connectivity index (χ1) is 8.18. The van der Waals surface area contributed by atoms with Crippen molar-refractivity contribution in [1.29, 1.82) is 0 Å². The zero-order chi connectivity index (χ0) is 12.3. The van der Waals surface area contributed by atoms with Gasteiger partial charge in [0.05, 0.1) is 5.69 Å². The van der Waals surface area contributed by atoms with Crippen LogP contribution in [0.4, 0.5) is 5.69 Å². The predicted octanol–water partition coefficient (Wildman–Crippen LogP) is 1.73. The Labute approximate surface area is 98.1 Å². The zero-order valence-electron chi connectivity index (χ0n) is 8.96. The van der Waals surface area contributed by atoms with Crippen LogP contribution >= 0.6 is 0 Å². The molecule has 1 aromatic heterocycles. The summed E-state index contributed by atoms with van der Waals surface area (Å²) < 4.78 is 0. The van der Waals surface area contributed by atoms with Crippen molar-refractivity contribution in [1.82, 2.24) is 4.98 Å². The maximum absolute atomic E-state index is 11.9. The molecule has 0 spiro atoms. The lowest BCUT2D eigenvalue weighted by Gasteiger charge is -2.00. The first-order valence-electron chi connectivity index (χ1n) is 5.03. The molecule has 0 saturated carbocycles. The Kier molecular flexibility index (Phi) is 2.96. The highest BCUT2D eigenvalue weighted by Crippen LogP contribution is 2.09. The first-order valence-corrected chi connectivity index (χ1v) is 5.03. The van der Waals surface area contributed by atoms with Crippen LogP contribution in [-0.4, -0.2) is 16.6 Å². The molecule has 4 nitrogen and oxygen atoms in total. The average molecular weight is 226 g/mol. The maximum Gasteiger partial charge on any atom is 0.235 e. The third-order valence-corrected chi connectivity index (χ3v) is 2.26. The summed E-state index contributed by atoms with van der Waals surface area (Å²) in [5.41, 5.74) is 6.44. The first kappa shape index (κ1) is 11.0. The van der Waals surface area contributed by atoms with Crippen LogP contribution in [0, 0.1) is 0 Å². The zero-order valence-corrected chi connectivity index (χ0v) is 8.96. The van der Waals surface area contributed by atoms with Crippen LogP contribution < -0.4 is 5.73 Å². The standard InChI is InChI=1S/C13H10N2O2/c14-11-6-10(7-15-8-11)13(17)12(16)9-4-2-1-3-5-9/h1-8H,14H2. The molecule has 0 atom stereocenters. The summed E-state index contributed by atoms with van der Waals surface area (Å²) in [6, 6.07) is 9.83. The monoisotopic (exact) mass is 226 g/mol. The number of hydrogen-bond acceptors (Lipinski definition) is 4. The van der Waals surface area contributed by atoms with Gasteiger partial charge in [-0.05, 0) is 6.07 Å². The molecule has 0 fully saturated rings. The second-order valence-corrected chi connectivity index (χ2v) is 3.53. The van der Waals surface area contributed by atoms with Gasteiger partial charge in [0.15, 0.2) is 0 Å². The summed E-state index contributed by atoms with van der Waals surface area (Å²) in [6.07, 6.45) is 2.75. The van der Waals surface area contributed by atoms with E-state index in [-0.39, 0.29) is 5.56 Å². The molecule has 0 aliphatic rings. The molecule has 2 N–H and O–H groups in total. The summed E-state index contributed by atoms with van der Waals surface area (Å²) in [6.45, 7) is 0. The molecule has 4 heteroatoms. The summed E-state index contributed by atoms with van der Waals surface area (Å²) in [5.74, 6) is -1.16. The quantitative estimate of drug-likeness (QED) is 0.639. The number of hydrogen-bond donors (Lipinski definition) is 1. The van der Waals surface area contributed by atoms with Gasteiger partial charge < -0.3 is 5.73 Å². The van der Waals surface area contributed by atoms with Crippen molar-refractivity contribution in [3.63, 3.8) is 0 Å². The van der Waals surface area contributed by atoms with Gasteiger partial charge >= 0.3 is 0 Å². The van der Waals surface area contributed by atoms with Crippen molar-refractivity contribution in [3.05, 3.63) is 59.9 Å². The maximum atomic E-state index is 11.9. The lowest BCUT2D eigenvalue weighted by molar-refractivity contribution is 0.0817. The fraction of sp³-hybridized carbons (Fsp3) is 0. The van der Waals surface area contributed by atoms with E-state index in [2.05, 4.69) is 4.98 Å². The molecule has 0 aliphatic carbocycles.